The number of pyridine rings is 1. The second-order valence-electron chi connectivity index (χ2n) is 10.3. The van der Waals surface area contributed by atoms with E-state index in [0.29, 0.717) is 49.8 Å². The van der Waals surface area contributed by atoms with Crippen molar-refractivity contribution in [1.29, 1.82) is 0 Å². The minimum Gasteiger partial charge on any atom is -0.462 e. The summed E-state index contributed by atoms with van der Waals surface area (Å²) in [5, 5.41) is 4.10. The number of hydrogen-bond acceptors (Lipinski definition) is 8. The van der Waals surface area contributed by atoms with Crippen LogP contribution in [0.2, 0.25) is 0 Å². The third kappa shape index (κ3) is 4.98. The molecule has 0 N–H and O–H groups in total. The molecular weight excluding hydrogens is 522 g/mol. The van der Waals surface area contributed by atoms with E-state index in [1.165, 1.54) is 16.2 Å². The minimum absolute atomic E-state index is 0.153. The van der Waals surface area contributed by atoms with Crippen LogP contribution in [0.25, 0.3) is 37.2 Å². The molecule has 0 spiro atoms. The molecule has 0 radical (unpaired) electrons. The van der Waals surface area contributed by atoms with Crippen LogP contribution in [0, 0.1) is 6.57 Å². The molecule has 2 aliphatic heterocycles. The zero-order chi connectivity index (χ0) is 27.6. The first-order valence-electron chi connectivity index (χ1n) is 13.6. The maximum Gasteiger partial charge on any atom is 0.320 e. The Morgan fingerprint density at radius 3 is 2.88 bits per heavy atom. The van der Waals surface area contributed by atoms with Gasteiger partial charge in [-0.15, -0.1) is 11.3 Å². The van der Waals surface area contributed by atoms with Crippen molar-refractivity contribution in [3.63, 3.8) is 0 Å². The van der Waals surface area contributed by atoms with Crippen LogP contribution in [0.15, 0.2) is 54.4 Å². The molecule has 40 heavy (non-hydrogen) atoms. The number of ether oxygens (including phenoxy) is 1. The Kier molecular flexibility index (Phi) is 7.32. The van der Waals surface area contributed by atoms with Crippen LogP contribution in [0.1, 0.15) is 12.8 Å². The third-order valence-electron chi connectivity index (χ3n) is 7.89. The summed E-state index contributed by atoms with van der Waals surface area (Å²) in [5.74, 6) is 0.563. The van der Waals surface area contributed by atoms with Gasteiger partial charge in [0.15, 0.2) is 5.65 Å². The largest absolute Gasteiger partial charge is 0.462 e. The van der Waals surface area contributed by atoms with Crippen LogP contribution in [-0.2, 0) is 4.79 Å². The average molecular weight is 554 g/mol. The molecule has 5 heterocycles. The number of aromatic nitrogens is 3. The number of carbonyl (C=O) groups is 1. The normalized spacial score (nSPS) is 19.7. The van der Waals surface area contributed by atoms with Crippen molar-refractivity contribution in [2.45, 2.75) is 24.9 Å². The van der Waals surface area contributed by atoms with Gasteiger partial charge in [-0.3, -0.25) is 4.79 Å². The summed E-state index contributed by atoms with van der Waals surface area (Å²) in [6.45, 7) is 14.4. The van der Waals surface area contributed by atoms with E-state index in [1.54, 1.807) is 16.2 Å². The first kappa shape index (κ1) is 26.2. The van der Waals surface area contributed by atoms with E-state index in [9.17, 15) is 4.79 Å². The molecule has 0 unspecified atom stereocenters. The molecule has 0 bridgehead atoms. The number of likely N-dealkylation sites (tertiary alicyclic amines) is 1. The number of carbonyl (C=O) groups excluding carboxylic acids is 1. The van der Waals surface area contributed by atoms with Crippen molar-refractivity contribution in [2.75, 3.05) is 51.3 Å². The summed E-state index contributed by atoms with van der Waals surface area (Å²) in [6, 6.07) is 12.8. The van der Waals surface area contributed by atoms with Gasteiger partial charge >= 0.3 is 6.01 Å². The summed E-state index contributed by atoms with van der Waals surface area (Å²) in [6.07, 6.45) is 3.56. The Morgan fingerprint density at radius 2 is 2.08 bits per heavy atom. The second-order valence-corrected chi connectivity index (χ2v) is 11.2. The summed E-state index contributed by atoms with van der Waals surface area (Å²) >= 11 is 1.70. The SMILES string of the molecule is [C-]#[N+]C[C@H]1CN(c2nc(OC[C@@H]3CCCN3C)nc3nc(-c4cccc5ccsc45)ccc23)CCN1C(=O)C=C. The number of rotatable bonds is 7. The highest BCUT2D eigenvalue weighted by Crippen LogP contribution is 2.34. The van der Waals surface area contributed by atoms with Gasteiger partial charge in [0.2, 0.25) is 12.5 Å². The zero-order valence-electron chi connectivity index (χ0n) is 22.5. The van der Waals surface area contributed by atoms with Crippen LogP contribution >= 0.6 is 11.3 Å². The van der Waals surface area contributed by atoms with Gasteiger partial charge in [0.25, 0.3) is 0 Å². The lowest BCUT2D eigenvalue weighted by Gasteiger charge is -2.39. The van der Waals surface area contributed by atoms with Gasteiger partial charge in [0, 0.05) is 35.9 Å². The highest BCUT2D eigenvalue weighted by Gasteiger charge is 2.33. The van der Waals surface area contributed by atoms with Crippen molar-refractivity contribution in [1.82, 2.24) is 24.8 Å². The molecule has 0 aliphatic carbocycles. The lowest BCUT2D eigenvalue weighted by molar-refractivity contribution is -0.128. The number of hydrogen-bond donors (Lipinski definition) is 0. The van der Waals surface area contributed by atoms with Gasteiger partial charge in [-0.25, -0.2) is 11.6 Å². The van der Waals surface area contributed by atoms with E-state index in [1.807, 2.05) is 12.1 Å². The molecule has 9 nitrogen and oxygen atoms in total. The van der Waals surface area contributed by atoms with Gasteiger partial charge in [-0.05, 0) is 61.5 Å². The zero-order valence-corrected chi connectivity index (χ0v) is 23.3. The topological polar surface area (TPSA) is 79.1 Å². The van der Waals surface area contributed by atoms with Crippen molar-refractivity contribution < 1.29 is 9.53 Å². The molecule has 1 amide bonds. The van der Waals surface area contributed by atoms with Crippen molar-refractivity contribution >= 4 is 44.2 Å². The number of amides is 1. The lowest BCUT2D eigenvalue weighted by atomic mass is 10.1. The molecule has 6 rings (SSSR count). The number of benzene rings is 1. The molecule has 2 fully saturated rings. The first-order valence-corrected chi connectivity index (χ1v) is 14.4. The van der Waals surface area contributed by atoms with Crippen LogP contribution in [-0.4, -0.2) is 89.1 Å². The maximum atomic E-state index is 12.5. The quantitative estimate of drug-likeness (QED) is 0.246. The molecule has 2 atom stereocenters. The van der Waals surface area contributed by atoms with E-state index in [2.05, 4.69) is 57.9 Å². The van der Waals surface area contributed by atoms with E-state index in [0.717, 1.165) is 36.0 Å². The standard InChI is InChI=1S/C30H31N7O2S/c1-4-26(38)37-15-14-36(18-22(37)17-31-2)29-24-10-11-25(23-9-5-7-20-12-16-40-27(20)23)32-28(24)33-30(34-29)39-19-21-8-6-13-35(21)3/h4-5,7,9-12,16,21-22H,1,6,8,13-15,17-19H2,3H3/t21-,22-/m0/s1. The Bertz CT molecular complexity index is 1610. The minimum atomic E-state index is -0.262. The fourth-order valence-electron chi connectivity index (χ4n) is 5.70. The molecule has 0 saturated carbocycles. The van der Waals surface area contributed by atoms with Crippen molar-refractivity contribution in [3.8, 4) is 17.3 Å². The van der Waals surface area contributed by atoms with Crippen LogP contribution in [0.3, 0.4) is 0 Å². The number of anilines is 1. The number of likely N-dealkylation sites (N-methyl/N-ethyl adjacent to an activating group) is 1. The van der Waals surface area contributed by atoms with Gasteiger partial charge in [-0.1, -0.05) is 24.8 Å². The van der Waals surface area contributed by atoms with Crippen molar-refractivity contribution in [2.24, 2.45) is 0 Å². The number of thiophene rings is 1. The average Bonchev–Trinajstić information content (AvgIpc) is 3.63. The molecule has 4 aromatic rings. The molecule has 1 aromatic carbocycles. The van der Waals surface area contributed by atoms with Crippen molar-refractivity contribution in [3.05, 3.63) is 65.9 Å². The number of piperazine rings is 1. The smallest absolute Gasteiger partial charge is 0.320 e. The fraction of sp³-hybridized carbons (Fsp3) is 0.367. The molecular formula is C30H31N7O2S. The Labute approximate surface area is 237 Å². The Balaban J connectivity index is 1.39. The van der Waals surface area contributed by atoms with E-state index in [-0.39, 0.29) is 18.5 Å². The van der Waals surface area contributed by atoms with Gasteiger partial charge in [0.05, 0.1) is 11.1 Å². The van der Waals surface area contributed by atoms with E-state index >= 15 is 0 Å². The Hall–Kier alpha value is -4.07. The van der Waals surface area contributed by atoms with Gasteiger partial charge < -0.3 is 24.3 Å². The molecule has 2 saturated heterocycles. The van der Waals surface area contributed by atoms with Gasteiger partial charge in [0.1, 0.15) is 18.5 Å². The summed E-state index contributed by atoms with van der Waals surface area (Å²) in [5.41, 5.74) is 2.48. The predicted octanol–water partition coefficient (Wildman–Crippen LogP) is 4.50. The van der Waals surface area contributed by atoms with E-state index in [4.69, 9.17) is 26.3 Å². The van der Waals surface area contributed by atoms with Crippen LogP contribution in [0.5, 0.6) is 6.01 Å². The number of fused-ring (bicyclic) bond motifs is 2. The highest BCUT2D eigenvalue weighted by molar-refractivity contribution is 7.17. The summed E-state index contributed by atoms with van der Waals surface area (Å²) < 4.78 is 7.39. The van der Waals surface area contributed by atoms with Crippen LogP contribution in [0.4, 0.5) is 5.82 Å². The first-order chi connectivity index (χ1) is 19.6. The number of nitrogens with zero attached hydrogens (tertiary/aromatic N) is 7. The van der Waals surface area contributed by atoms with E-state index < -0.39 is 0 Å². The molecule has 204 valence electrons. The monoisotopic (exact) mass is 553 g/mol. The molecule has 3 aromatic heterocycles. The molecule has 2 aliphatic rings. The third-order valence-corrected chi connectivity index (χ3v) is 8.86. The summed E-state index contributed by atoms with van der Waals surface area (Å²) in [4.78, 5) is 36.9. The maximum absolute atomic E-state index is 12.5. The molecule has 10 heteroatoms. The summed E-state index contributed by atoms with van der Waals surface area (Å²) in [7, 11) is 2.12. The second kappa shape index (κ2) is 11.2. The predicted molar refractivity (Wildman–Crippen MR) is 159 cm³/mol. The van der Waals surface area contributed by atoms with Crippen LogP contribution < -0.4 is 9.64 Å². The lowest BCUT2D eigenvalue weighted by Crippen LogP contribution is -2.56. The van der Waals surface area contributed by atoms with Gasteiger partial charge in [-0.2, -0.15) is 9.97 Å². The Morgan fingerprint density at radius 1 is 1.18 bits per heavy atom. The fourth-order valence-corrected chi connectivity index (χ4v) is 6.62. The highest BCUT2D eigenvalue weighted by atomic mass is 32.1.